The number of carbonyl (C=O) groups excluding carboxylic acids is 1. The molecule has 0 aliphatic carbocycles. The molecular formula is C14H22N2O3. The molecule has 0 saturated carbocycles. The highest BCUT2D eigenvalue weighted by atomic mass is 16.5. The first-order valence-electron chi connectivity index (χ1n) is 6.31. The number of hydrogen-bond donors (Lipinski definition) is 2. The van der Waals surface area contributed by atoms with Gasteiger partial charge >= 0.3 is 0 Å². The van der Waals surface area contributed by atoms with Gasteiger partial charge in [-0.15, -0.1) is 0 Å². The van der Waals surface area contributed by atoms with Gasteiger partial charge < -0.3 is 20.1 Å². The molecule has 0 saturated heterocycles. The molecule has 0 radical (unpaired) electrons. The monoisotopic (exact) mass is 266 g/mol. The quantitative estimate of drug-likeness (QED) is 0.701. The minimum Gasteiger partial charge on any atom is -0.497 e. The van der Waals surface area contributed by atoms with Crippen LogP contribution in [-0.2, 0) is 9.53 Å². The molecule has 1 aromatic rings. The van der Waals surface area contributed by atoms with Gasteiger partial charge in [-0.3, -0.25) is 4.79 Å². The summed E-state index contributed by atoms with van der Waals surface area (Å²) in [7, 11) is 3.28. The van der Waals surface area contributed by atoms with Crippen LogP contribution in [0, 0.1) is 6.92 Å². The number of rotatable bonds is 8. The van der Waals surface area contributed by atoms with Crippen molar-refractivity contribution < 1.29 is 14.3 Å². The first kappa shape index (κ1) is 15.3. The Bertz CT molecular complexity index is 408. The number of methoxy groups -OCH3 is 2. The van der Waals surface area contributed by atoms with E-state index in [9.17, 15) is 4.79 Å². The Morgan fingerprint density at radius 1 is 1.32 bits per heavy atom. The number of benzene rings is 1. The van der Waals surface area contributed by atoms with Crippen LogP contribution in [0.15, 0.2) is 18.2 Å². The number of hydrogen-bond acceptors (Lipinski definition) is 4. The Hall–Kier alpha value is -1.75. The largest absolute Gasteiger partial charge is 0.497 e. The maximum atomic E-state index is 11.6. The summed E-state index contributed by atoms with van der Waals surface area (Å²) >= 11 is 0. The van der Waals surface area contributed by atoms with Gasteiger partial charge in [0.05, 0.1) is 13.7 Å². The van der Waals surface area contributed by atoms with Crippen molar-refractivity contribution in [3.63, 3.8) is 0 Å². The summed E-state index contributed by atoms with van der Waals surface area (Å²) in [6.07, 6.45) is 0.823. The molecular weight excluding hydrogens is 244 g/mol. The second-order valence-electron chi connectivity index (χ2n) is 4.23. The van der Waals surface area contributed by atoms with E-state index < -0.39 is 0 Å². The van der Waals surface area contributed by atoms with Crippen molar-refractivity contribution in [1.82, 2.24) is 5.32 Å². The summed E-state index contributed by atoms with van der Waals surface area (Å²) in [6.45, 7) is 3.53. The zero-order chi connectivity index (χ0) is 14.1. The van der Waals surface area contributed by atoms with Gasteiger partial charge in [-0.25, -0.2) is 0 Å². The zero-order valence-corrected chi connectivity index (χ0v) is 11.8. The van der Waals surface area contributed by atoms with E-state index in [0.29, 0.717) is 13.2 Å². The first-order chi connectivity index (χ1) is 9.17. The number of carbonyl (C=O) groups is 1. The SMILES string of the molecule is COCCCNC(=O)CNc1ccc(OC)cc1C. The van der Waals surface area contributed by atoms with E-state index in [-0.39, 0.29) is 12.5 Å². The molecule has 1 aromatic carbocycles. The molecule has 2 N–H and O–H groups in total. The fourth-order valence-electron chi connectivity index (χ4n) is 1.64. The Labute approximate surface area is 114 Å². The second-order valence-corrected chi connectivity index (χ2v) is 4.23. The molecule has 1 rings (SSSR count). The molecule has 5 heteroatoms. The lowest BCUT2D eigenvalue weighted by Gasteiger charge is -2.11. The van der Waals surface area contributed by atoms with Crippen LogP contribution in [0.1, 0.15) is 12.0 Å². The van der Waals surface area contributed by atoms with Crippen LogP contribution < -0.4 is 15.4 Å². The third-order valence-corrected chi connectivity index (χ3v) is 2.72. The van der Waals surface area contributed by atoms with Crippen LogP contribution in [-0.4, -0.2) is 39.8 Å². The predicted octanol–water partition coefficient (Wildman–Crippen LogP) is 1.57. The number of amides is 1. The number of ether oxygens (including phenoxy) is 2. The highest BCUT2D eigenvalue weighted by Gasteiger charge is 2.03. The van der Waals surface area contributed by atoms with E-state index in [0.717, 1.165) is 23.4 Å². The Kier molecular flexibility index (Phi) is 6.74. The number of nitrogens with one attached hydrogen (secondary N) is 2. The standard InChI is InChI=1S/C14H22N2O3/c1-11-9-12(19-3)5-6-13(11)16-10-14(17)15-7-4-8-18-2/h5-6,9,16H,4,7-8,10H2,1-3H3,(H,15,17). The van der Waals surface area contributed by atoms with Crippen molar-refractivity contribution in [1.29, 1.82) is 0 Å². The van der Waals surface area contributed by atoms with E-state index in [2.05, 4.69) is 10.6 Å². The third kappa shape index (κ3) is 5.61. The lowest BCUT2D eigenvalue weighted by atomic mass is 10.2. The van der Waals surface area contributed by atoms with Crippen molar-refractivity contribution in [3.05, 3.63) is 23.8 Å². The molecule has 1 amide bonds. The summed E-state index contributed by atoms with van der Waals surface area (Å²) in [5, 5.41) is 5.93. The molecule has 19 heavy (non-hydrogen) atoms. The Morgan fingerprint density at radius 2 is 2.11 bits per heavy atom. The van der Waals surface area contributed by atoms with Crippen LogP contribution >= 0.6 is 0 Å². The summed E-state index contributed by atoms with van der Waals surface area (Å²) in [5.74, 6) is 0.790. The maximum Gasteiger partial charge on any atom is 0.239 e. The summed E-state index contributed by atoms with van der Waals surface area (Å²) in [4.78, 5) is 11.6. The highest BCUT2D eigenvalue weighted by Crippen LogP contribution is 2.20. The van der Waals surface area contributed by atoms with Gasteiger partial charge in [0.2, 0.25) is 5.91 Å². The minimum absolute atomic E-state index is 0.0219. The number of anilines is 1. The molecule has 0 aromatic heterocycles. The molecule has 0 heterocycles. The van der Waals surface area contributed by atoms with Crippen molar-refractivity contribution in [3.8, 4) is 5.75 Å². The van der Waals surface area contributed by atoms with Crippen LogP contribution in [0.5, 0.6) is 5.75 Å². The van der Waals surface area contributed by atoms with Gasteiger partial charge in [0.1, 0.15) is 5.75 Å². The summed E-state index contributed by atoms with van der Waals surface area (Å²) in [6, 6.07) is 5.71. The fraction of sp³-hybridized carbons (Fsp3) is 0.500. The molecule has 0 fully saturated rings. The van der Waals surface area contributed by atoms with Crippen molar-refractivity contribution in [2.45, 2.75) is 13.3 Å². The van der Waals surface area contributed by atoms with Gasteiger partial charge in [0.25, 0.3) is 0 Å². The summed E-state index contributed by atoms with van der Waals surface area (Å²) in [5.41, 5.74) is 1.99. The van der Waals surface area contributed by atoms with Gasteiger partial charge in [-0.2, -0.15) is 0 Å². The van der Waals surface area contributed by atoms with Gasteiger partial charge in [0.15, 0.2) is 0 Å². The smallest absolute Gasteiger partial charge is 0.239 e. The van der Waals surface area contributed by atoms with Crippen LogP contribution in [0.4, 0.5) is 5.69 Å². The molecule has 0 aliphatic rings. The zero-order valence-electron chi connectivity index (χ0n) is 11.8. The van der Waals surface area contributed by atoms with Crippen molar-refractivity contribution in [2.24, 2.45) is 0 Å². The maximum absolute atomic E-state index is 11.6. The normalized spacial score (nSPS) is 10.1. The lowest BCUT2D eigenvalue weighted by Crippen LogP contribution is -2.31. The van der Waals surface area contributed by atoms with Gasteiger partial charge in [-0.05, 0) is 37.1 Å². The lowest BCUT2D eigenvalue weighted by molar-refractivity contribution is -0.119. The fourth-order valence-corrected chi connectivity index (χ4v) is 1.64. The van der Waals surface area contributed by atoms with E-state index in [1.54, 1.807) is 14.2 Å². The first-order valence-corrected chi connectivity index (χ1v) is 6.31. The van der Waals surface area contributed by atoms with E-state index in [1.165, 1.54) is 0 Å². The molecule has 0 unspecified atom stereocenters. The molecule has 0 spiro atoms. The van der Waals surface area contributed by atoms with Crippen molar-refractivity contribution >= 4 is 11.6 Å². The van der Waals surface area contributed by atoms with Crippen LogP contribution in [0.3, 0.4) is 0 Å². The molecule has 106 valence electrons. The molecule has 0 bridgehead atoms. The third-order valence-electron chi connectivity index (χ3n) is 2.72. The van der Waals surface area contributed by atoms with E-state index in [1.807, 2.05) is 25.1 Å². The Morgan fingerprint density at radius 3 is 2.74 bits per heavy atom. The van der Waals surface area contributed by atoms with Crippen LogP contribution in [0.25, 0.3) is 0 Å². The highest BCUT2D eigenvalue weighted by molar-refractivity contribution is 5.80. The van der Waals surface area contributed by atoms with Crippen LogP contribution in [0.2, 0.25) is 0 Å². The van der Waals surface area contributed by atoms with Crippen molar-refractivity contribution in [2.75, 3.05) is 39.2 Å². The van der Waals surface area contributed by atoms with Gasteiger partial charge in [-0.1, -0.05) is 0 Å². The summed E-state index contributed by atoms with van der Waals surface area (Å²) < 4.78 is 10.0. The Balaban J connectivity index is 2.33. The molecule has 0 atom stereocenters. The molecule has 0 aliphatic heterocycles. The predicted molar refractivity (Wildman–Crippen MR) is 75.7 cm³/mol. The number of aryl methyl sites for hydroxylation is 1. The second kappa shape index (κ2) is 8.37. The minimum atomic E-state index is -0.0219. The van der Waals surface area contributed by atoms with Gasteiger partial charge in [0, 0.05) is 25.9 Å². The average Bonchev–Trinajstić information content (AvgIpc) is 2.42. The van der Waals surface area contributed by atoms with E-state index >= 15 is 0 Å². The topological polar surface area (TPSA) is 59.6 Å². The molecule has 5 nitrogen and oxygen atoms in total. The van der Waals surface area contributed by atoms with E-state index in [4.69, 9.17) is 9.47 Å². The average molecular weight is 266 g/mol.